The van der Waals surface area contributed by atoms with Crippen LogP contribution in [-0.4, -0.2) is 60.3 Å². The molecule has 0 unspecified atom stereocenters. The smallest absolute Gasteiger partial charge is 0.246 e. The van der Waals surface area contributed by atoms with Gasteiger partial charge in [0.05, 0.1) is 17.8 Å². The second-order valence-electron chi connectivity index (χ2n) is 13.2. The fraction of sp³-hybridized carbons (Fsp3) is 0.256. The Kier molecular flexibility index (Phi) is 11.4. The standard InChI is InChI=1S/C43H42ClN3O6/c1-30-3-5-34(6-4-30)28-50-37-13-15-41(45-26-37)53-43-31(2)23-35(24-38(43)44)11-16-42(48)47-20-18-46(19-21-47)27-33-9-7-32(8-10-33)17-22-49-36-12-14-39-40(25-36)52-29-51-39/h3-16,23-26H,17-22,27-29H2,1-2H3. The SMILES string of the molecule is Cc1ccc(COc2ccc(Oc3c(C)cc(C=CC(=O)N4CCN(Cc5ccc(CCOc6ccc7c(c6)OCO7)cc5)CC4)cc3Cl)nc2)cc1. The molecule has 1 fully saturated rings. The molecule has 53 heavy (non-hydrogen) atoms. The van der Waals surface area contributed by atoms with Gasteiger partial charge in [-0.2, -0.15) is 0 Å². The number of hydrogen-bond donors (Lipinski definition) is 0. The van der Waals surface area contributed by atoms with E-state index in [1.165, 1.54) is 16.7 Å². The first kappa shape index (κ1) is 35.9. The van der Waals surface area contributed by atoms with Gasteiger partial charge in [0.25, 0.3) is 0 Å². The third-order valence-electron chi connectivity index (χ3n) is 9.23. The number of aromatic nitrogens is 1. The second kappa shape index (κ2) is 16.9. The fourth-order valence-electron chi connectivity index (χ4n) is 6.17. The van der Waals surface area contributed by atoms with Gasteiger partial charge in [0.15, 0.2) is 17.2 Å². The van der Waals surface area contributed by atoms with E-state index < -0.39 is 0 Å². The summed E-state index contributed by atoms with van der Waals surface area (Å²) in [4.78, 5) is 21.7. The molecule has 10 heteroatoms. The molecule has 3 heterocycles. The van der Waals surface area contributed by atoms with E-state index in [-0.39, 0.29) is 12.7 Å². The number of benzene rings is 4. The number of piperazine rings is 1. The Balaban J connectivity index is 0.835. The number of rotatable bonds is 13. The molecule has 0 spiro atoms. The van der Waals surface area contributed by atoms with Crippen molar-refractivity contribution in [2.45, 2.75) is 33.4 Å². The predicted molar refractivity (Wildman–Crippen MR) is 205 cm³/mol. The maximum absolute atomic E-state index is 13.1. The van der Waals surface area contributed by atoms with Gasteiger partial charge in [-0.25, -0.2) is 4.98 Å². The Hall–Kier alpha value is -5.51. The van der Waals surface area contributed by atoms with Crippen molar-refractivity contribution >= 4 is 23.6 Å². The molecule has 2 aliphatic heterocycles. The summed E-state index contributed by atoms with van der Waals surface area (Å²) >= 11 is 6.64. The molecule has 1 saturated heterocycles. The van der Waals surface area contributed by atoms with E-state index in [4.69, 9.17) is 35.3 Å². The Morgan fingerprint density at radius 2 is 1.55 bits per heavy atom. The topological polar surface area (TPSA) is 82.6 Å². The highest BCUT2D eigenvalue weighted by atomic mass is 35.5. The molecule has 5 aromatic rings. The molecule has 7 rings (SSSR count). The van der Waals surface area contributed by atoms with Crippen LogP contribution in [0.5, 0.6) is 34.6 Å². The van der Waals surface area contributed by atoms with Gasteiger partial charge in [-0.15, -0.1) is 0 Å². The number of fused-ring (bicyclic) bond motifs is 1. The molecule has 9 nitrogen and oxygen atoms in total. The number of halogens is 1. The van der Waals surface area contributed by atoms with E-state index in [1.54, 1.807) is 30.5 Å². The molecule has 1 aromatic heterocycles. The lowest BCUT2D eigenvalue weighted by atomic mass is 10.1. The van der Waals surface area contributed by atoms with Crippen LogP contribution in [0, 0.1) is 13.8 Å². The molecule has 0 N–H and O–H groups in total. The first-order chi connectivity index (χ1) is 25.8. The molecule has 4 aromatic carbocycles. The summed E-state index contributed by atoms with van der Waals surface area (Å²) in [6.07, 6.45) is 5.87. The zero-order valence-corrected chi connectivity index (χ0v) is 30.7. The molecule has 272 valence electrons. The van der Waals surface area contributed by atoms with Gasteiger partial charge in [0, 0.05) is 57.4 Å². The minimum atomic E-state index is -0.0139. The van der Waals surface area contributed by atoms with E-state index >= 15 is 0 Å². The third-order valence-corrected chi connectivity index (χ3v) is 9.51. The zero-order chi connectivity index (χ0) is 36.6. The molecule has 0 bridgehead atoms. The summed E-state index contributed by atoms with van der Waals surface area (Å²) in [5.74, 6) is 3.81. The van der Waals surface area contributed by atoms with Crippen molar-refractivity contribution in [3.05, 3.63) is 142 Å². The van der Waals surface area contributed by atoms with Crippen LogP contribution in [0.15, 0.2) is 103 Å². The Bertz CT molecular complexity index is 2020. The van der Waals surface area contributed by atoms with Gasteiger partial charge < -0.3 is 28.6 Å². The largest absolute Gasteiger partial charge is 0.493 e. The average Bonchev–Trinajstić information content (AvgIpc) is 3.65. The molecule has 2 aliphatic rings. The number of carbonyl (C=O) groups excluding carboxylic acids is 1. The summed E-state index contributed by atoms with van der Waals surface area (Å²) in [6.45, 7) is 9.09. The second-order valence-corrected chi connectivity index (χ2v) is 13.6. The molecule has 1 amide bonds. The van der Waals surface area contributed by atoms with Gasteiger partial charge in [-0.05, 0) is 78.1 Å². The van der Waals surface area contributed by atoms with Crippen molar-refractivity contribution in [1.82, 2.24) is 14.8 Å². The maximum Gasteiger partial charge on any atom is 0.246 e. The number of amides is 1. The fourth-order valence-corrected chi connectivity index (χ4v) is 6.49. The molecular weight excluding hydrogens is 690 g/mol. The van der Waals surface area contributed by atoms with E-state index in [0.29, 0.717) is 48.7 Å². The van der Waals surface area contributed by atoms with Crippen LogP contribution in [-0.2, 0) is 24.4 Å². The highest BCUT2D eigenvalue weighted by Crippen LogP contribution is 2.36. The summed E-state index contributed by atoms with van der Waals surface area (Å²) in [5, 5.41) is 0.440. The molecule has 0 atom stereocenters. The first-order valence-corrected chi connectivity index (χ1v) is 18.1. The average molecular weight is 732 g/mol. The van der Waals surface area contributed by atoms with Gasteiger partial charge in [-0.1, -0.05) is 65.7 Å². The summed E-state index contributed by atoms with van der Waals surface area (Å²) in [6, 6.07) is 29.8. The van der Waals surface area contributed by atoms with Gasteiger partial charge in [0.1, 0.15) is 18.1 Å². The minimum absolute atomic E-state index is 0.0139. The van der Waals surface area contributed by atoms with Crippen LogP contribution in [0.2, 0.25) is 5.02 Å². The zero-order valence-electron chi connectivity index (χ0n) is 29.9. The van der Waals surface area contributed by atoms with Crippen molar-refractivity contribution in [3.63, 3.8) is 0 Å². The van der Waals surface area contributed by atoms with Gasteiger partial charge in [-0.3, -0.25) is 9.69 Å². The van der Waals surface area contributed by atoms with E-state index in [1.807, 2.05) is 54.3 Å². The van der Waals surface area contributed by atoms with Gasteiger partial charge >= 0.3 is 0 Å². The number of nitrogens with zero attached hydrogens (tertiary/aromatic N) is 3. The number of pyridine rings is 1. The van der Waals surface area contributed by atoms with Crippen molar-refractivity contribution in [3.8, 4) is 34.6 Å². The quantitative estimate of drug-likeness (QED) is 0.112. The number of aryl methyl sites for hydroxylation is 2. The summed E-state index contributed by atoms with van der Waals surface area (Å²) in [5.41, 5.74) is 6.43. The lowest BCUT2D eigenvalue weighted by Crippen LogP contribution is -2.47. The molecule has 0 radical (unpaired) electrons. The molecule has 0 aliphatic carbocycles. The highest BCUT2D eigenvalue weighted by Gasteiger charge is 2.20. The van der Waals surface area contributed by atoms with Crippen molar-refractivity contribution in [2.24, 2.45) is 0 Å². The number of ether oxygens (including phenoxy) is 5. The van der Waals surface area contributed by atoms with Crippen molar-refractivity contribution in [2.75, 3.05) is 39.6 Å². The normalized spacial score (nSPS) is 14.1. The van der Waals surface area contributed by atoms with Crippen LogP contribution < -0.4 is 23.7 Å². The van der Waals surface area contributed by atoms with Crippen LogP contribution >= 0.6 is 11.6 Å². The maximum atomic E-state index is 13.1. The summed E-state index contributed by atoms with van der Waals surface area (Å²) < 4.78 is 28.6. The predicted octanol–water partition coefficient (Wildman–Crippen LogP) is 8.43. The Labute approximate surface area is 315 Å². The van der Waals surface area contributed by atoms with E-state index in [9.17, 15) is 4.79 Å². The van der Waals surface area contributed by atoms with E-state index in [2.05, 4.69) is 53.2 Å². The van der Waals surface area contributed by atoms with Crippen molar-refractivity contribution < 1.29 is 28.5 Å². The van der Waals surface area contributed by atoms with Crippen LogP contribution in [0.1, 0.15) is 33.4 Å². The Morgan fingerprint density at radius 1 is 0.811 bits per heavy atom. The number of hydrogen-bond acceptors (Lipinski definition) is 8. The first-order valence-electron chi connectivity index (χ1n) is 17.8. The lowest BCUT2D eigenvalue weighted by Gasteiger charge is -2.34. The number of carbonyl (C=O) groups is 1. The lowest BCUT2D eigenvalue weighted by molar-refractivity contribution is -0.127. The van der Waals surface area contributed by atoms with Gasteiger partial charge in [0.2, 0.25) is 18.6 Å². The minimum Gasteiger partial charge on any atom is -0.493 e. The monoisotopic (exact) mass is 731 g/mol. The van der Waals surface area contributed by atoms with Crippen LogP contribution in [0.3, 0.4) is 0 Å². The van der Waals surface area contributed by atoms with Crippen molar-refractivity contribution in [1.29, 1.82) is 0 Å². The Morgan fingerprint density at radius 3 is 2.30 bits per heavy atom. The summed E-state index contributed by atoms with van der Waals surface area (Å²) in [7, 11) is 0. The third kappa shape index (κ3) is 9.68. The highest BCUT2D eigenvalue weighted by molar-refractivity contribution is 6.32. The van der Waals surface area contributed by atoms with Crippen LogP contribution in [0.4, 0.5) is 0 Å². The van der Waals surface area contributed by atoms with E-state index in [0.717, 1.165) is 60.0 Å². The van der Waals surface area contributed by atoms with Crippen LogP contribution in [0.25, 0.3) is 6.08 Å². The molecular formula is C43H42ClN3O6. The molecule has 0 saturated carbocycles.